The van der Waals surface area contributed by atoms with E-state index in [0.717, 1.165) is 33.2 Å². The molecule has 2 aromatic carbocycles. The number of halogens is 1. The molecule has 0 unspecified atom stereocenters. The van der Waals surface area contributed by atoms with Gasteiger partial charge in [0, 0.05) is 16.3 Å². The molecule has 1 heterocycles. The van der Waals surface area contributed by atoms with Crippen molar-refractivity contribution in [3.8, 4) is 11.3 Å². The van der Waals surface area contributed by atoms with Crippen LogP contribution in [0.25, 0.3) is 11.3 Å². The van der Waals surface area contributed by atoms with Crippen LogP contribution in [-0.2, 0) is 6.54 Å². The minimum atomic E-state index is 0.585. The van der Waals surface area contributed by atoms with Crippen LogP contribution in [0.5, 0.6) is 0 Å². The first-order valence-corrected chi connectivity index (χ1v) is 7.07. The van der Waals surface area contributed by atoms with Gasteiger partial charge in [-0.15, -0.1) is 0 Å². The van der Waals surface area contributed by atoms with Gasteiger partial charge in [-0.25, -0.2) is 0 Å². The minimum Gasteiger partial charge on any atom is -0.379 e. The summed E-state index contributed by atoms with van der Waals surface area (Å²) >= 11 is 6.13. The first kappa shape index (κ1) is 13.6. The lowest BCUT2D eigenvalue weighted by molar-refractivity contribution is 0.911. The Morgan fingerprint density at radius 1 is 1.05 bits per heavy atom. The van der Waals surface area contributed by atoms with Gasteiger partial charge in [0.15, 0.2) is 0 Å². The summed E-state index contributed by atoms with van der Waals surface area (Å²) in [6.07, 6.45) is 0. The van der Waals surface area contributed by atoms with Crippen LogP contribution in [0.2, 0.25) is 5.02 Å². The van der Waals surface area contributed by atoms with Crippen molar-refractivity contribution in [1.29, 1.82) is 0 Å². The molecule has 3 aromatic rings. The molecule has 0 amide bonds. The standard InChI is InChI=1S/C16H15ClN4/c1-11-13(17)8-5-9-14(11)18-10-15-16(20-21-19-15)12-6-3-2-4-7-12/h2-9,18H,10H2,1H3,(H,19,20,21). The molecule has 21 heavy (non-hydrogen) atoms. The van der Waals surface area contributed by atoms with E-state index in [1.807, 2.05) is 55.5 Å². The Morgan fingerprint density at radius 2 is 1.86 bits per heavy atom. The summed E-state index contributed by atoms with van der Waals surface area (Å²) in [6, 6.07) is 15.8. The molecular formula is C16H15ClN4. The molecule has 1 aromatic heterocycles. The van der Waals surface area contributed by atoms with Gasteiger partial charge in [0.05, 0.1) is 6.54 Å². The van der Waals surface area contributed by atoms with E-state index >= 15 is 0 Å². The van der Waals surface area contributed by atoms with Gasteiger partial charge in [-0.05, 0) is 24.6 Å². The predicted molar refractivity (Wildman–Crippen MR) is 85.3 cm³/mol. The molecule has 3 rings (SSSR count). The number of benzene rings is 2. The number of hydrogen-bond donors (Lipinski definition) is 2. The van der Waals surface area contributed by atoms with Gasteiger partial charge >= 0.3 is 0 Å². The lowest BCUT2D eigenvalue weighted by Crippen LogP contribution is -2.03. The molecule has 0 saturated carbocycles. The Kier molecular flexibility index (Phi) is 3.88. The van der Waals surface area contributed by atoms with Crippen molar-refractivity contribution in [1.82, 2.24) is 15.4 Å². The van der Waals surface area contributed by atoms with E-state index in [9.17, 15) is 0 Å². The molecule has 0 aliphatic carbocycles. The highest BCUT2D eigenvalue weighted by atomic mass is 35.5. The topological polar surface area (TPSA) is 53.6 Å². The fourth-order valence-electron chi connectivity index (χ4n) is 2.18. The molecule has 0 bridgehead atoms. The lowest BCUT2D eigenvalue weighted by Gasteiger charge is -2.09. The Morgan fingerprint density at radius 3 is 2.67 bits per heavy atom. The number of aromatic amines is 1. The molecule has 0 saturated heterocycles. The second kappa shape index (κ2) is 5.97. The molecule has 0 aliphatic rings. The number of nitrogens with zero attached hydrogens (tertiary/aromatic N) is 2. The van der Waals surface area contributed by atoms with Crippen molar-refractivity contribution < 1.29 is 0 Å². The maximum Gasteiger partial charge on any atom is 0.117 e. The highest BCUT2D eigenvalue weighted by Gasteiger charge is 2.10. The molecule has 0 fully saturated rings. The van der Waals surface area contributed by atoms with Crippen LogP contribution in [0.4, 0.5) is 5.69 Å². The Labute approximate surface area is 128 Å². The molecule has 5 heteroatoms. The monoisotopic (exact) mass is 298 g/mol. The minimum absolute atomic E-state index is 0.585. The summed E-state index contributed by atoms with van der Waals surface area (Å²) in [5, 5.41) is 15.3. The van der Waals surface area contributed by atoms with E-state index in [2.05, 4.69) is 20.7 Å². The number of aromatic nitrogens is 3. The van der Waals surface area contributed by atoms with Crippen molar-refractivity contribution in [3.05, 3.63) is 64.8 Å². The van der Waals surface area contributed by atoms with E-state index in [4.69, 9.17) is 11.6 Å². The lowest BCUT2D eigenvalue weighted by atomic mass is 10.1. The van der Waals surface area contributed by atoms with Crippen molar-refractivity contribution in [2.45, 2.75) is 13.5 Å². The average molecular weight is 299 g/mol. The Balaban J connectivity index is 1.81. The molecule has 4 nitrogen and oxygen atoms in total. The van der Waals surface area contributed by atoms with Crippen LogP contribution in [-0.4, -0.2) is 15.4 Å². The first-order chi connectivity index (χ1) is 10.3. The highest BCUT2D eigenvalue weighted by Crippen LogP contribution is 2.24. The summed E-state index contributed by atoms with van der Waals surface area (Å²) in [6.45, 7) is 2.58. The van der Waals surface area contributed by atoms with Gasteiger partial charge in [0.25, 0.3) is 0 Å². The van der Waals surface area contributed by atoms with Gasteiger partial charge in [-0.3, -0.25) is 0 Å². The quantitative estimate of drug-likeness (QED) is 0.764. The van der Waals surface area contributed by atoms with Crippen LogP contribution in [0.3, 0.4) is 0 Å². The van der Waals surface area contributed by atoms with Gasteiger partial charge in [-0.1, -0.05) is 48.0 Å². The highest BCUT2D eigenvalue weighted by molar-refractivity contribution is 6.31. The molecule has 2 N–H and O–H groups in total. The average Bonchev–Trinajstić information content (AvgIpc) is 2.98. The van der Waals surface area contributed by atoms with Gasteiger partial charge < -0.3 is 5.32 Å². The number of anilines is 1. The fourth-order valence-corrected chi connectivity index (χ4v) is 2.36. The maximum atomic E-state index is 6.13. The van der Waals surface area contributed by atoms with E-state index in [1.54, 1.807) is 0 Å². The molecular weight excluding hydrogens is 284 g/mol. The third kappa shape index (κ3) is 2.90. The van der Waals surface area contributed by atoms with Crippen molar-refractivity contribution >= 4 is 17.3 Å². The summed E-state index contributed by atoms with van der Waals surface area (Å²) in [5.41, 5.74) is 4.82. The largest absolute Gasteiger partial charge is 0.379 e. The number of H-pyrrole nitrogens is 1. The fraction of sp³-hybridized carbons (Fsp3) is 0.125. The zero-order valence-electron chi connectivity index (χ0n) is 11.6. The second-order valence-electron chi connectivity index (χ2n) is 4.75. The molecule has 106 valence electrons. The zero-order chi connectivity index (χ0) is 14.7. The third-order valence-electron chi connectivity index (χ3n) is 3.38. The summed E-state index contributed by atoms with van der Waals surface area (Å²) in [5.74, 6) is 0. The summed E-state index contributed by atoms with van der Waals surface area (Å²) in [7, 11) is 0. The van der Waals surface area contributed by atoms with Crippen LogP contribution in [0.15, 0.2) is 48.5 Å². The smallest absolute Gasteiger partial charge is 0.117 e. The molecule has 0 radical (unpaired) electrons. The van der Waals surface area contributed by atoms with Gasteiger partial charge in [0.1, 0.15) is 11.4 Å². The number of rotatable bonds is 4. The van der Waals surface area contributed by atoms with Crippen molar-refractivity contribution in [3.63, 3.8) is 0 Å². The number of nitrogens with one attached hydrogen (secondary N) is 2. The molecule has 0 spiro atoms. The van der Waals surface area contributed by atoms with Crippen molar-refractivity contribution in [2.24, 2.45) is 0 Å². The number of hydrogen-bond acceptors (Lipinski definition) is 3. The second-order valence-corrected chi connectivity index (χ2v) is 5.16. The van der Waals surface area contributed by atoms with Crippen LogP contribution in [0, 0.1) is 6.92 Å². The third-order valence-corrected chi connectivity index (χ3v) is 3.79. The first-order valence-electron chi connectivity index (χ1n) is 6.70. The predicted octanol–water partition coefficient (Wildman–Crippen LogP) is 4.05. The summed E-state index contributed by atoms with van der Waals surface area (Å²) < 4.78 is 0. The van der Waals surface area contributed by atoms with E-state index < -0.39 is 0 Å². The molecule has 0 aliphatic heterocycles. The Hall–Kier alpha value is -2.33. The van der Waals surface area contributed by atoms with Crippen LogP contribution in [0.1, 0.15) is 11.3 Å². The summed E-state index contributed by atoms with van der Waals surface area (Å²) in [4.78, 5) is 0. The van der Waals surface area contributed by atoms with Crippen LogP contribution >= 0.6 is 11.6 Å². The van der Waals surface area contributed by atoms with Crippen molar-refractivity contribution in [2.75, 3.05) is 5.32 Å². The van der Waals surface area contributed by atoms with E-state index in [1.165, 1.54) is 0 Å². The van der Waals surface area contributed by atoms with E-state index in [0.29, 0.717) is 6.54 Å². The molecule has 0 atom stereocenters. The normalized spacial score (nSPS) is 10.6. The Bertz CT molecular complexity index is 737. The van der Waals surface area contributed by atoms with Crippen LogP contribution < -0.4 is 5.32 Å². The SMILES string of the molecule is Cc1c(Cl)cccc1NCc1n[nH]nc1-c1ccccc1. The zero-order valence-corrected chi connectivity index (χ0v) is 12.4. The van der Waals surface area contributed by atoms with Gasteiger partial charge in [-0.2, -0.15) is 15.4 Å². The maximum absolute atomic E-state index is 6.13. The van der Waals surface area contributed by atoms with Gasteiger partial charge in [0.2, 0.25) is 0 Å². The van der Waals surface area contributed by atoms with E-state index in [-0.39, 0.29) is 0 Å².